The molecule has 2 heterocycles. The van der Waals surface area contributed by atoms with Crippen molar-refractivity contribution in [3.63, 3.8) is 0 Å². The first-order chi connectivity index (χ1) is 9.97. The molecule has 1 aliphatic carbocycles. The summed E-state index contributed by atoms with van der Waals surface area (Å²) >= 11 is 0. The number of aromatic nitrogens is 2. The highest BCUT2D eigenvalue weighted by Crippen LogP contribution is 2.44. The van der Waals surface area contributed by atoms with E-state index >= 15 is 0 Å². The molecule has 1 saturated carbocycles. The van der Waals surface area contributed by atoms with Crippen LogP contribution < -0.4 is 0 Å². The maximum atomic E-state index is 12.6. The van der Waals surface area contributed by atoms with Crippen LogP contribution in [0.5, 0.6) is 0 Å². The number of carboxylic acid groups (broad SMARTS) is 1. The molecule has 1 N–H and O–H groups in total. The second-order valence-electron chi connectivity index (χ2n) is 6.07. The van der Waals surface area contributed by atoms with Gasteiger partial charge in [-0.1, -0.05) is 0 Å². The number of likely N-dealkylation sites (tertiary alicyclic amines) is 1. The van der Waals surface area contributed by atoms with E-state index in [-0.39, 0.29) is 11.8 Å². The maximum Gasteiger partial charge on any atom is 0.308 e. The van der Waals surface area contributed by atoms with Gasteiger partial charge in [0, 0.05) is 19.3 Å². The fraction of sp³-hybridized carbons (Fsp3) is 0.600. The number of rotatable bonds is 3. The largest absolute Gasteiger partial charge is 0.481 e. The molecule has 112 valence electrons. The minimum absolute atomic E-state index is 0.0955. The van der Waals surface area contributed by atoms with Crippen molar-refractivity contribution in [2.45, 2.75) is 26.7 Å². The van der Waals surface area contributed by atoms with Crippen molar-refractivity contribution in [2.24, 2.45) is 17.8 Å². The van der Waals surface area contributed by atoms with Gasteiger partial charge in [-0.2, -0.15) is 0 Å². The molecule has 2 atom stereocenters. The summed E-state index contributed by atoms with van der Waals surface area (Å²) < 4.78 is 0. The average Bonchev–Trinajstić information content (AvgIpc) is 3.16. The van der Waals surface area contributed by atoms with E-state index in [9.17, 15) is 14.7 Å². The summed E-state index contributed by atoms with van der Waals surface area (Å²) in [6.07, 6.45) is 3.71. The van der Waals surface area contributed by atoms with E-state index in [0.717, 1.165) is 12.8 Å². The Morgan fingerprint density at radius 2 is 2.00 bits per heavy atom. The molecule has 1 aliphatic heterocycles. The van der Waals surface area contributed by atoms with Crippen molar-refractivity contribution in [1.29, 1.82) is 0 Å². The van der Waals surface area contributed by atoms with Gasteiger partial charge in [0.2, 0.25) is 0 Å². The van der Waals surface area contributed by atoms with Crippen LogP contribution in [0.15, 0.2) is 6.20 Å². The standard InChI is InChI=1S/C15H19N3O3/c1-8-11(5-16-9(2)17-8)14(19)18-6-12(10-3-4-10)13(7-18)15(20)21/h5,10,12-13H,3-4,6-7H2,1-2H3,(H,20,21)/t12-,13+/m1/s1. The van der Waals surface area contributed by atoms with Gasteiger partial charge in [-0.05, 0) is 38.5 Å². The predicted molar refractivity (Wildman–Crippen MR) is 74.7 cm³/mol. The lowest BCUT2D eigenvalue weighted by Crippen LogP contribution is -2.30. The molecule has 1 amide bonds. The molecular weight excluding hydrogens is 270 g/mol. The maximum absolute atomic E-state index is 12.6. The Morgan fingerprint density at radius 1 is 1.29 bits per heavy atom. The number of amides is 1. The van der Waals surface area contributed by atoms with Crippen LogP contribution in [0.3, 0.4) is 0 Å². The second kappa shape index (κ2) is 5.09. The Labute approximate surface area is 123 Å². The molecule has 21 heavy (non-hydrogen) atoms. The van der Waals surface area contributed by atoms with Gasteiger partial charge < -0.3 is 10.0 Å². The molecule has 2 aliphatic rings. The average molecular weight is 289 g/mol. The number of carbonyl (C=O) groups excluding carboxylic acids is 1. The van der Waals surface area contributed by atoms with Crippen molar-refractivity contribution in [1.82, 2.24) is 14.9 Å². The van der Waals surface area contributed by atoms with Gasteiger partial charge in [-0.25, -0.2) is 9.97 Å². The fourth-order valence-electron chi connectivity index (χ4n) is 3.22. The van der Waals surface area contributed by atoms with E-state index < -0.39 is 11.9 Å². The topological polar surface area (TPSA) is 83.4 Å². The third-order valence-corrected chi connectivity index (χ3v) is 4.53. The number of hydrogen-bond acceptors (Lipinski definition) is 4. The molecule has 0 aromatic carbocycles. The molecule has 0 spiro atoms. The van der Waals surface area contributed by atoms with Gasteiger partial charge in [0.1, 0.15) is 5.82 Å². The Morgan fingerprint density at radius 3 is 2.57 bits per heavy atom. The first-order valence-electron chi connectivity index (χ1n) is 7.29. The lowest BCUT2D eigenvalue weighted by Gasteiger charge is -2.17. The van der Waals surface area contributed by atoms with Crippen molar-refractivity contribution in [3.8, 4) is 0 Å². The number of aliphatic carboxylic acids is 1. The van der Waals surface area contributed by atoms with Crippen LogP contribution in [-0.4, -0.2) is 44.9 Å². The summed E-state index contributed by atoms with van der Waals surface area (Å²) in [7, 11) is 0. The minimum Gasteiger partial charge on any atom is -0.481 e. The summed E-state index contributed by atoms with van der Waals surface area (Å²) in [4.78, 5) is 33.9. The summed E-state index contributed by atoms with van der Waals surface area (Å²) in [5.74, 6) is -0.184. The lowest BCUT2D eigenvalue weighted by atomic mass is 9.92. The van der Waals surface area contributed by atoms with Gasteiger partial charge in [-0.15, -0.1) is 0 Å². The monoisotopic (exact) mass is 289 g/mol. The molecule has 1 aromatic rings. The van der Waals surface area contributed by atoms with E-state index in [1.165, 1.54) is 0 Å². The zero-order chi connectivity index (χ0) is 15.1. The van der Waals surface area contributed by atoms with E-state index in [4.69, 9.17) is 0 Å². The molecule has 1 aromatic heterocycles. The SMILES string of the molecule is Cc1ncc(C(=O)N2C[C@H](C(=O)O)[C@@H](C3CC3)C2)c(C)n1. The van der Waals surface area contributed by atoms with Crippen molar-refractivity contribution < 1.29 is 14.7 Å². The van der Waals surface area contributed by atoms with Crippen LogP contribution in [0, 0.1) is 31.6 Å². The molecule has 1 saturated heterocycles. The summed E-state index contributed by atoms with van der Waals surface area (Å²) in [5, 5.41) is 9.36. The Hall–Kier alpha value is -1.98. The van der Waals surface area contributed by atoms with Gasteiger partial charge >= 0.3 is 5.97 Å². The number of aryl methyl sites for hydroxylation is 2. The van der Waals surface area contributed by atoms with E-state index in [0.29, 0.717) is 36.1 Å². The van der Waals surface area contributed by atoms with Gasteiger partial charge in [0.05, 0.1) is 17.2 Å². The molecule has 3 rings (SSSR count). The molecular formula is C15H19N3O3. The van der Waals surface area contributed by atoms with E-state index in [2.05, 4.69) is 9.97 Å². The Kier molecular flexibility index (Phi) is 3.39. The quantitative estimate of drug-likeness (QED) is 0.906. The summed E-state index contributed by atoms with van der Waals surface area (Å²) in [5.41, 5.74) is 1.12. The van der Waals surface area contributed by atoms with Crippen molar-refractivity contribution in [2.75, 3.05) is 13.1 Å². The third kappa shape index (κ3) is 2.62. The molecule has 2 fully saturated rings. The van der Waals surface area contributed by atoms with E-state index in [1.807, 2.05) is 0 Å². The van der Waals surface area contributed by atoms with Crippen LogP contribution in [0.2, 0.25) is 0 Å². The highest BCUT2D eigenvalue weighted by atomic mass is 16.4. The van der Waals surface area contributed by atoms with Crippen molar-refractivity contribution >= 4 is 11.9 Å². The number of hydrogen-bond donors (Lipinski definition) is 1. The zero-order valence-corrected chi connectivity index (χ0v) is 12.2. The Balaban J connectivity index is 1.80. The molecule has 0 radical (unpaired) electrons. The van der Waals surface area contributed by atoms with Gasteiger partial charge in [-0.3, -0.25) is 9.59 Å². The van der Waals surface area contributed by atoms with Crippen LogP contribution >= 0.6 is 0 Å². The third-order valence-electron chi connectivity index (χ3n) is 4.53. The van der Waals surface area contributed by atoms with Crippen LogP contribution in [0.4, 0.5) is 0 Å². The number of nitrogens with zero attached hydrogens (tertiary/aromatic N) is 3. The lowest BCUT2D eigenvalue weighted by molar-refractivity contribution is -0.142. The number of carbonyl (C=O) groups is 2. The zero-order valence-electron chi connectivity index (χ0n) is 12.2. The van der Waals surface area contributed by atoms with Gasteiger partial charge in [0.25, 0.3) is 5.91 Å². The molecule has 6 heteroatoms. The van der Waals surface area contributed by atoms with E-state index in [1.54, 1.807) is 24.9 Å². The van der Waals surface area contributed by atoms with Crippen LogP contribution in [0.25, 0.3) is 0 Å². The first-order valence-corrected chi connectivity index (χ1v) is 7.29. The van der Waals surface area contributed by atoms with Crippen molar-refractivity contribution in [3.05, 3.63) is 23.3 Å². The number of carboxylic acids is 1. The smallest absolute Gasteiger partial charge is 0.308 e. The second-order valence-corrected chi connectivity index (χ2v) is 6.07. The molecule has 6 nitrogen and oxygen atoms in total. The minimum atomic E-state index is -0.793. The fourth-order valence-corrected chi connectivity index (χ4v) is 3.22. The molecule has 0 unspecified atom stereocenters. The predicted octanol–water partition coefficient (Wildman–Crippen LogP) is 1.28. The normalized spacial score (nSPS) is 25.1. The van der Waals surface area contributed by atoms with Crippen LogP contribution in [0.1, 0.15) is 34.7 Å². The molecule has 0 bridgehead atoms. The Bertz CT molecular complexity index is 598. The summed E-state index contributed by atoms with van der Waals surface area (Å²) in [6.45, 7) is 4.39. The van der Waals surface area contributed by atoms with Gasteiger partial charge in [0.15, 0.2) is 0 Å². The first kappa shape index (κ1) is 14.0. The van der Waals surface area contributed by atoms with Crippen LogP contribution in [-0.2, 0) is 4.79 Å². The highest BCUT2D eigenvalue weighted by molar-refractivity contribution is 5.95. The highest BCUT2D eigenvalue weighted by Gasteiger charge is 2.47. The summed E-state index contributed by atoms with van der Waals surface area (Å²) in [6, 6.07) is 0.